The van der Waals surface area contributed by atoms with Gasteiger partial charge in [-0.05, 0) is 0 Å². The van der Waals surface area contributed by atoms with Crippen LogP contribution in [0.5, 0.6) is 0 Å². The summed E-state index contributed by atoms with van der Waals surface area (Å²) in [5.74, 6) is -1.30. The van der Waals surface area contributed by atoms with Crippen molar-refractivity contribution < 1.29 is 25.4 Å². The van der Waals surface area contributed by atoms with Crippen LogP contribution in [0.25, 0.3) is 0 Å². The fraction of sp³-hybridized carbons (Fsp3) is 0.400. The second-order valence-corrected chi connectivity index (χ2v) is 3.23. The number of ether oxygens (including phenoxy) is 1. The number of esters is 1. The third kappa shape index (κ3) is 10.4. The molecule has 12 heavy (non-hydrogen) atoms. The Kier molecular flexibility index (Phi) is 8.49. The van der Waals surface area contributed by atoms with Gasteiger partial charge in [-0.15, -0.1) is 0 Å². The number of carbonyl (C=O) groups excluding carboxylic acids is 1. The van der Waals surface area contributed by atoms with E-state index in [2.05, 4.69) is 11.3 Å². The van der Waals surface area contributed by atoms with E-state index in [9.17, 15) is 13.2 Å². The Bertz CT molecular complexity index is 253. The predicted molar refractivity (Wildman–Crippen MR) is 45.5 cm³/mol. The van der Waals surface area contributed by atoms with Gasteiger partial charge in [-0.25, -0.2) is 4.79 Å². The Morgan fingerprint density at radius 2 is 2.17 bits per heavy atom. The van der Waals surface area contributed by atoms with Gasteiger partial charge in [0.05, 0.1) is 0 Å². The van der Waals surface area contributed by atoms with Gasteiger partial charge in [0, 0.05) is 6.08 Å². The zero-order valence-electron chi connectivity index (χ0n) is 8.39. The Morgan fingerprint density at radius 1 is 1.67 bits per heavy atom. The van der Waals surface area contributed by atoms with Gasteiger partial charge in [0.2, 0.25) is 0 Å². The Morgan fingerprint density at radius 3 is 2.50 bits per heavy atom. The molecule has 1 N–H and O–H groups in total. The maximum Gasteiger partial charge on any atom is 2.00 e. The van der Waals surface area contributed by atoms with Crippen molar-refractivity contribution in [3.05, 3.63) is 12.7 Å². The molecule has 0 aromatic heterocycles. The maximum absolute atomic E-state index is 10.3. The molecule has 0 aliphatic heterocycles. The van der Waals surface area contributed by atoms with Crippen LogP contribution in [0.3, 0.4) is 0 Å². The van der Waals surface area contributed by atoms with Crippen molar-refractivity contribution >= 4 is 53.8 Å². The van der Waals surface area contributed by atoms with Gasteiger partial charge in [-0.1, -0.05) is 6.58 Å². The molecule has 0 saturated heterocycles. The van der Waals surface area contributed by atoms with Crippen molar-refractivity contribution in [2.45, 2.75) is 0 Å². The minimum absolute atomic E-state index is 0. The molecule has 0 bridgehead atoms. The number of rotatable bonds is 4. The molecule has 0 aliphatic rings. The molecule has 0 fully saturated rings. The molecule has 0 aromatic rings. The van der Waals surface area contributed by atoms with Crippen LogP contribution in [0.2, 0.25) is 0 Å². The summed E-state index contributed by atoms with van der Waals surface area (Å²) >= 11 is 0. The average Bonchev–Trinajstić information content (AvgIpc) is 1.85. The van der Waals surface area contributed by atoms with E-state index >= 15 is 0 Å². The van der Waals surface area contributed by atoms with Crippen molar-refractivity contribution in [2.24, 2.45) is 0 Å². The van der Waals surface area contributed by atoms with E-state index in [1.165, 1.54) is 0 Å². The van der Waals surface area contributed by atoms with Crippen molar-refractivity contribution in [3.8, 4) is 0 Å². The van der Waals surface area contributed by atoms with Gasteiger partial charge in [0.25, 0.3) is 10.1 Å². The Balaban J connectivity index is -0.000000167. The van der Waals surface area contributed by atoms with Gasteiger partial charge in [0.1, 0.15) is 12.4 Å². The SMILES string of the molecule is C=CC(=O)OCCS(=O)(=O)O.[Ca+2].[H-].[H-]. The summed E-state index contributed by atoms with van der Waals surface area (Å²) in [6, 6.07) is 0. The van der Waals surface area contributed by atoms with Gasteiger partial charge in [-0.2, -0.15) is 8.42 Å². The Hall–Kier alpha value is 0.380. The van der Waals surface area contributed by atoms with Crippen LogP contribution >= 0.6 is 0 Å². The molecule has 0 spiro atoms. The van der Waals surface area contributed by atoms with Gasteiger partial charge >= 0.3 is 43.7 Å². The third-order valence-electron chi connectivity index (χ3n) is 0.752. The van der Waals surface area contributed by atoms with Gasteiger partial charge in [-0.3, -0.25) is 4.55 Å². The number of hydrogen-bond donors (Lipinski definition) is 1. The summed E-state index contributed by atoms with van der Waals surface area (Å²) in [7, 11) is -4.04. The fourth-order valence-corrected chi connectivity index (χ4v) is 0.600. The topological polar surface area (TPSA) is 80.7 Å². The molecular formula is C5H10CaO5S. The van der Waals surface area contributed by atoms with Crippen molar-refractivity contribution in [3.63, 3.8) is 0 Å². The summed E-state index contributed by atoms with van der Waals surface area (Å²) in [6.45, 7) is 2.73. The number of hydrogen-bond acceptors (Lipinski definition) is 4. The molecule has 0 radical (unpaired) electrons. The third-order valence-corrected chi connectivity index (χ3v) is 1.43. The molecule has 0 rings (SSSR count). The molecule has 0 aliphatic carbocycles. The summed E-state index contributed by atoms with van der Waals surface area (Å²) in [5.41, 5.74) is 0. The summed E-state index contributed by atoms with van der Waals surface area (Å²) in [4.78, 5) is 10.3. The molecule has 0 atom stereocenters. The van der Waals surface area contributed by atoms with Crippen LogP contribution in [0.15, 0.2) is 12.7 Å². The fourth-order valence-electron chi connectivity index (χ4n) is 0.306. The normalized spacial score (nSPS) is 9.75. The van der Waals surface area contributed by atoms with Crippen molar-refractivity contribution in [1.82, 2.24) is 0 Å². The zero-order valence-corrected chi connectivity index (χ0v) is 9.42. The first kappa shape index (κ1) is 14.9. The minimum atomic E-state index is -4.04. The molecule has 0 unspecified atom stereocenters. The van der Waals surface area contributed by atoms with Crippen LogP contribution in [0.1, 0.15) is 2.85 Å². The summed E-state index contributed by atoms with van der Waals surface area (Å²) < 4.78 is 32.5. The van der Waals surface area contributed by atoms with Gasteiger partial charge in [0.15, 0.2) is 0 Å². The smallest absolute Gasteiger partial charge is 1.00 e. The molecule has 7 heteroatoms. The van der Waals surface area contributed by atoms with E-state index in [0.717, 1.165) is 6.08 Å². The monoisotopic (exact) mass is 222 g/mol. The van der Waals surface area contributed by atoms with E-state index in [1.807, 2.05) is 0 Å². The minimum Gasteiger partial charge on any atom is -1.00 e. The standard InChI is InChI=1S/C5H8O5S.Ca.2H/c1-2-5(6)10-3-4-11(7,8)9;;;/h2H,1,3-4H2,(H,7,8,9);;;/q;+2;2*-1. The molecular weight excluding hydrogens is 212 g/mol. The largest absolute Gasteiger partial charge is 2.00 e. The van der Waals surface area contributed by atoms with Gasteiger partial charge < -0.3 is 7.59 Å². The molecule has 5 nitrogen and oxygen atoms in total. The second-order valence-electron chi connectivity index (χ2n) is 1.66. The predicted octanol–water partition coefficient (Wildman–Crippen LogP) is -0.552. The molecule has 68 valence electrons. The van der Waals surface area contributed by atoms with Crippen LogP contribution in [-0.2, 0) is 19.6 Å². The van der Waals surface area contributed by atoms with Crippen LogP contribution in [0.4, 0.5) is 0 Å². The van der Waals surface area contributed by atoms with Crippen molar-refractivity contribution in [1.29, 1.82) is 0 Å². The van der Waals surface area contributed by atoms with E-state index < -0.39 is 21.8 Å². The summed E-state index contributed by atoms with van der Waals surface area (Å²) in [6.07, 6.45) is 0.907. The maximum atomic E-state index is 10.3. The first-order valence-electron chi connectivity index (χ1n) is 2.70. The molecule has 0 amide bonds. The second kappa shape index (κ2) is 6.85. The zero-order chi connectivity index (χ0) is 8.91. The van der Waals surface area contributed by atoms with Crippen LogP contribution < -0.4 is 0 Å². The van der Waals surface area contributed by atoms with E-state index in [4.69, 9.17) is 4.55 Å². The summed E-state index contributed by atoms with van der Waals surface area (Å²) in [5, 5.41) is 0. The molecule has 0 aromatic carbocycles. The van der Waals surface area contributed by atoms with Crippen LogP contribution in [-0.4, -0.2) is 69.0 Å². The first-order valence-corrected chi connectivity index (χ1v) is 4.31. The average molecular weight is 222 g/mol. The number of carbonyl (C=O) groups is 1. The molecule has 0 saturated carbocycles. The quantitative estimate of drug-likeness (QED) is 0.299. The van der Waals surface area contributed by atoms with E-state index in [1.54, 1.807) is 0 Å². The van der Waals surface area contributed by atoms with Crippen LogP contribution in [0, 0.1) is 0 Å². The van der Waals surface area contributed by atoms with Crippen molar-refractivity contribution in [2.75, 3.05) is 12.4 Å². The van der Waals surface area contributed by atoms with E-state index in [-0.39, 0.29) is 47.2 Å². The van der Waals surface area contributed by atoms with E-state index in [0.29, 0.717) is 0 Å². The Labute approximate surface area is 103 Å². The molecule has 0 heterocycles. The first-order chi connectivity index (χ1) is 4.95.